The van der Waals surface area contributed by atoms with E-state index < -0.39 is 0 Å². The average molecular weight is 419 g/mol. The maximum Gasteiger partial charge on any atom is 0.224 e. The summed E-state index contributed by atoms with van der Waals surface area (Å²) in [6, 6.07) is 19.9. The number of hydrogen-bond acceptors (Lipinski definition) is 2. The molecular weight excluding hydrogens is 396 g/mol. The Kier molecular flexibility index (Phi) is 5.60. The summed E-state index contributed by atoms with van der Waals surface area (Å²) < 4.78 is 0. The summed E-state index contributed by atoms with van der Waals surface area (Å²) in [6.45, 7) is 3.63. The maximum absolute atomic E-state index is 12.4. The highest BCUT2D eigenvalue weighted by atomic mass is 35.5. The molecule has 1 aliphatic rings. The molecule has 0 unspecified atom stereocenters. The zero-order chi connectivity index (χ0) is 21.3. The second kappa shape index (κ2) is 8.33. The zero-order valence-electron chi connectivity index (χ0n) is 17.0. The van der Waals surface area contributed by atoms with Crippen molar-refractivity contribution in [2.75, 3.05) is 10.2 Å². The second-order valence-electron chi connectivity index (χ2n) is 7.62. The van der Waals surface area contributed by atoms with E-state index in [1.807, 2.05) is 47.4 Å². The lowest BCUT2D eigenvalue weighted by atomic mass is 9.92. The number of anilines is 2. The molecule has 3 aromatic rings. The number of fused-ring (bicyclic) bond motifs is 2. The fourth-order valence-electron chi connectivity index (χ4n) is 4.00. The standard InChI is InChI=1S/C25H23ClN2O2/c1-16(29)27-24-5-3-4-18(14-24)19-7-9-22-15-28(17(2)30)25-11-10-23(26)13-21(25)8-6-20(22)12-19/h3-5,7,9-14H,6,8,15H2,1-2H3,(H,27,29). The van der Waals surface area contributed by atoms with Gasteiger partial charge in [0.1, 0.15) is 0 Å². The number of nitrogens with one attached hydrogen (secondary N) is 1. The third-order valence-electron chi connectivity index (χ3n) is 5.43. The molecule has 0 saturated heterocycles. The van der Waals surface area contributed by atoms with Gasteiger partial charge in [-0.1, -0.05) is 41.9 Å². The van der Waals surface area contributed by atoms with Crippen molar-refractivity contribution in [2.24, 2.45) is 0 Å². The Hall–Kier alpha value is -3.11. The van der Waals surface area contributed by atoms with Gasteiger partial charge < -0.3 is 10.2 Å². The number of nitrogens with zero attached hydrogens (tertiary/aromatic N) is 1. The Balaban J connectivity index is 1.72. The van der Waals surface area contributed by atoms with Crippen molar-refractivity contribution in [3.8, 4) is 11.1 Å². The first kappa shape index (κ1) is 20.2. The molecule has 2 amide bonds. The zero-order valence-corrected chi connectivity index (χ0v) is 17.8. The van der Waals surface area contributed by atoms with Crippen molar-refractivity contribution >= 4 is 34.8 Å². The highest BCUT2D eigenvalue weighted by molar-refractivity contribution is 6.30. The van der Waals surface area contributed by atoms with Crippen LogP contribution in [0.2, 0.25) is 5.02 Å². The molecule has 1 N–H and O–H groups in total. The van der Waals surface area contributed by atoms with E-state index in [-0.39, 0.29) is 11.8 Å². The summed E-state index contributed by atoms with van der Waals surface area (Å²) in [5.41, 5.74) is 7.28. The topological polar surface area (TPSA) is 49.4 Å². The largest absolute Gasteiger partial charge is 0.326 e. The average Bonchev–Trinajstić information content (AvgIpc) is 2.69. The molecular formula is C25H23ClN2O2. The molecule has 3 aromatic carbocycles. The lowest BCUT2D eigenvalue weighted by Crippen LogP contribution is -2.30. The fourth-order valence-corrected chi connectivity index (χ4v) is 4.19. The number of hydrogen-bond donors (Lipinski definition) is 1. The molecule has 0 saturated carbocycles. The number of carbonyl (C=O) groups is 2. The first-order valence-electron chi connectivity index (χ1n) is 9.97. The van der Waals surface area contributed by atoms with Crippen LogP contribution in [0.15, 0.2) is 60.7 Å². The van der Waals surface area contributed by atoms with Gasteiger partial charge in [-0.05, 0) is 71.0 Å². The van der Waals surface area contributed by atoms with Crippen LogP contribution in [0, 0.1) is 0 Å². The van der Waals surface area contributed by atoms with Crippen LogP contribution in [0.25, 0.3) is 11.1 Å². The van der Waals surface area contributed by atoms with Crippen molar-refractivity contribution in [1.29, 1.82) is 0 Å². The molecule has 30 heavy (non-hydrogen) atoms. The van der Waals surface area contributed by atoms with E-state index in [1.54, 1.807) is 6.92 Å². The number of halogens is 1. The third-order valence-corrected chi connectivity index (χ3v) is 5.66. The van der Waals surface area contributed by atoms with E-state index in [1.165, 1.54) is 12.5 Å². The molecule has 1 heterocycles. The molecule has 0 bridgehead atoms. The Morgan fingerprint density at radius 2 is 1.63 bits per heavy atom. The quantitative estimate of drug-likeness (QED) is 0.587. The van der Waals surface area contributed by atoms with Gasteiger partial charge >= 0.3 is 0 Å². The van der Waals surface area contributed by atoms with Crippen LogP contribution in [0.5, 0.6) is 0 Å². The van der Waals surface area contributed by atoms with E-state index in [0.29, 0.717) is 11.6 Å². The summed E-state index contributed by atoms with van der Waals surface area (Å²) in [6.07, 6.45) is 1.68. The van der Waals surface area contributed by atoms with Crippen LogP contribution < -0.4 is 10.2 Å². The van der Waals surface area contributed by atoms with Gasteiger partial charge in [0.05, 0.1) is 6.54 Å². The summed E-state index contributed by atoms with van der Waals surface area (Å²) in [5.74, 6) is -0.0783. The Morgan fingerprint density at radius 3 is 2.40 bits per heavy atom. The minimum atomic E-state index is -0.0908. The van der Waals surface area contributed by atoms with E-state index in [2.05, 4.69) is 23.5 Å². The summed E-state index contributed by atoms with van der Waals surface area (Å²) in [4.78, 5) is 25.6. The molecule has 5 heteroatoms. The van der Waals surface area contributed by atoms with Crippen molar-refractivity contribution in [3.05, 3.63) is 82.4 Å². The lowest BCUT2D eigenvalue weighted by molar-refractivity contribution is -0.117. The van der Waals surface area contributed by atoms with Gasteiger partial charge in [-0.2, -0.15) is 0 Å². The van der Waals surface area contributed by atoms with Crippen molar-refractivity contribution < 1.29 is 9.59 Å². The number of carbonyl (C=O) groups excluding carboxylic acids is 2. The third kappa shape index (κ3) is 4.24. The molecule has 0 fully saturated rings. The molecule has 1 aliphatic heterocycles. The number of rotatable bonds is 2. The number of benzene rings is 3. The minimum absolute atomic E-state index is 0.0125. The second-order valence-corrected chi connectivity index (χ2v) is 8.06. The number of aryl methyl sites for hydroxylation is 2. The highest BCUT2D eigenvalue weighted by Gasteiger charge is 2.21. The van der Waals surface area contributed by atoms with E-state index >= 15 is 0 Å². The smallest absolute Gasteiger partial charge is 0.224 e. The molecule has 0 radical (unpaired) electrons. The molecule has 0 atom stereocenters. The van der Waals surface area contributed by atoms with Crippen LogP contribution in [0.4, 0.5) is 11.4 Å². The van der Waals surface area contributed by atoms with Crippen LogP contribution in [-0.2, 0) is 29.0 Å². The SMILES string of the molecule is CC(=O)Nc1cccc(-c2ccc3c(c2)CCc2cc(Cl)ccc2N(C(C)=O)C3)c1. The summed E-state index contributed by atoms with van der Waals surface area (Å²) in [5, 5.41) is 3.52. The van der Waals surface area contributed by atoms with Gasteiger partial charge in [0.25, 0.3) is 0 Å². The summed E-state index contributed by atoms with van der Waals surface area (Å²) >= 11 is 6.22. The Bertz CT molecular complexity index is 1140. The van der Waals surface area contributed by atoms with E-state index in [0.717, 1.165) is 46.5 Å². The van der Waals surface area contributed by atoms with Crippen LogP contribution in [0.3, 0.4) is 0 Å². The molecule has 0 spiro atoms. The van der Waals surface area contributed by atoms with Gasteiger partial charge in [-0.25, -0.2) is 0 Å². The number of amides is 2. The van der Waals surface area contributed by atoms with Gasteiger partial charge in [0.2, 0.25) is 11.8 Å². The summed E-state index contributed by atoms with van der Waals surface area (Å²) in [7, 11) is 0. The van der Waals surface area contributed by atoms with Gasteiger partial charge in [0.15, 0.2) is 0 Å². The van der Waals surface area contributed by atoms with Crippen molar-refractivity contribution in [2.45, 2.75) is 33.2 Å². The van der Waals surface area contributed by atoms with Crippen molar-refractivity contribution in [3.63, 3.8) is 0 Å². The maximum atomic E-state index is 12.4. The van der Waals surface area contributed by atoms with Gasteiger partial charge in [-0.3, -0.25) is 9.59 Å². The molecule has 0 aliphatic carbocycles. The minimum Gasteiger partial charge on any atom is -0.326 e. The Labute approximate surface area is 181 Å². The molecule has 152 valence electrons. The predicted molar refractivity (Wildman–Crippen MR) is 122 cm³/mol. The highest BCUT2D eigenvalue weighted by Crippen LogP contribution is 2.33. The Morgan fingerprint density at radius 1 is 0.867 bits per heavy atom. The van der Waals surface area contributed by atoms with Gasteiger partial charge in [-0.15, -0.1) is 0 Å². The van der Waals surface area contributed by atoms with Crippen LogP contribution in [-0.4, -0.2) is 11.8 Å². The van der Waals surface area contributed by atoms with E-state index in [4.69, 9.17) is 11.6 Å². The first-order valence-corrected chi connectivity index (χ1v) is 10.3. The molecule has 0 aromatic heterocycles. The lowest BCUT2D eigenvalue weighted by Gasteiger charge is -2.28. The first-order chi connectivity index (χ1) is 14.4. The monoisotopic (exact) mass is 418 g/mol. The van der Waals surface area contributed by atoms with Gasteiger partial charge in [0, 0.05) is 30.2 Å². The van der Waals surface area contributed by atoms with Crippen molar-refractivity contribution in [1.82, 2.24) is 0 Å². The van der Waals surface area contributed by atoms with Crippen LogP contribution in [0.1, 0.15) is 30.5 Å². The van der Waals surface area contributed by atoms with Crippen LogP contribution >= 0.6 is 11.6 Å². The van der Waals surface area contributed by atoms with E-state index in [9.17, 15) is 9.59 Å². The normalized spacial score (nSPS) is 13.0. The molecule has 4 rings (SSSR count). The molecule has 4 nitrogen and oxygen atoms in total. The fraction of sp³-hybridized carbons (Fsp3) is 0.200. The predicted octanol–water partition coefficient (Wildman–Crippen LogP) is 5.62.